The summed E-state index contributed by atoms with van der Waals surface area (Å²) in [6, 6.07) is 9.51. The molecule has 2 aromatic heterocycles. The van der Waals surface area contributed by atoms with Crippen molar-refractivity contribution in [2.75, 3.05) is 0 Å². The highest BCUT2D eigenvalue weighted by Gasteiger charge is 2.25. The summed E-state index contributed by atoms with van der Waals surface area (Å²) in [7, 11) is 0. The minimum atomic E-state index is -0.476. The Bertz CT molecular complexity index is 546. The second kappa shape index (κ2) is 4.90. The van der Waals surface area contributed by atoms with Gasteiger partial charge in [0, 0.05) is 11.1 Å². The number of carbonyl (C=O) groups excluding carboxylic acids is 1. The van der Waals surface area contributed by atoms with Gasteiger partial charge in [-0.3, -0.25) is 9.78 Å². The first-order valence-electron chi connectivity index (χ1n) is 5.79. The summed E-state index contributed by atoms with van der Waals surface area (Å²) in [5.74, 6) is -0.0521. The molecule has 1 amide bonds. The summed E-state index contributed by atoms with van der Waals surface area (Å²) in [5, 5.41) is 3.01. The highest BCUT2D eigenvalue weighted by atomic mass is 32.1. The molecule has 0 radical (unpaired) electrons. The molecule has 0 fully saturated rings. The molecule has 2 heterocycles. The van der Waals surface area contributed by atoms with Crippen LogP contribution in [0.5, 0.6) is 0 Å². The monoisotopic (exact) mass is 260 g/mol. The van der Waals surface area contributed by atoms with E-state index in [4.69, 9.17) is 0 Å². The van der Waals surface area contributed by atoms with Crippen molar-refractivity contribution in [2.45, 2.75) is 26.3 Å². The number of nitrogens with zero attached hydrogens (tertiary/aromatic N) is 1. The second-order valence-electron chi connectivity index (χ2n) is 4.70. The normalized spacial score (nSPS) is 11.3. The maximum atomic E-state index is 12.1. The van der Waals surface area contributed by atoms with E-state index in [1.807, 2.05) is 51.1 Å². The summed E-state index contributed by atoms with van der Waals surface area (Å²) < 4.78 is 0. The minimum Gasteiger partial charge on any atom is -0.341 e. The zero-order valence-corrected chi connectivity index (χ0v) is 11.5. The molecule has 2 aromatic rings. The van der Waals surface area contributed by atoms with Crippen LogP contribution in [-0.2, 0) is 5.54 Å². The average molecular weight is 260 g/mol. The predicted molar refractivity (Wildman–Crippen MR) is 73.8 cm³/mol. The van der Waals surface area contributed by atoms with Crippen molar-refractivity contribution in [3.63, 3.8) is 0 Å². The van der Waals surface area contributed by atoms with Gasteiger partial charge in [-0.25, -0.2) is 0 Å². The Morgan fingerprint density at radius 1 is 1.28 bits per heavy atom. The summed E-state index contributed by atoms with van der Waals surface area (Å²) in [6.45, 7) is 5.90. The van der Waals surface area contributed by atoms with Crippen molar-refractivity contribution >= 4 is 17.2 Å². The lowest BCUT2D eigenvalue weighted by atomic mass is 10.00. The third-order valence-electron chi connectivity index (χ3n) is 2.70. The quantitative estimate of drug-likeness (QED) is 0.921. The number of hydrogen-bond acceptors (Lipinski definition) is 3. The van der Waals surface area contributed by atoms with E-state index in [1.54, 1.807) is 6.20 Å². The van der Waals surface area contributed by atoms with E-state index in [9.17, 15) is 4.79 Å². The van der Waals surface area contributed by atoms with Gasteiger partial charge in [0.2, 0.25) is 0 Å². The number of pyridine rings is 1. The molecule has 0 aliphatic rings. The Kier molecular flexibility index (Phi) is 3.48. The maximum Gasteiger partial charge on any atom is 0.262 e. The van der Waals surface area contributed by atoms with Gasteiger partial charge in [0.1, 0.15) is 0 Å². The first kappa shape index (κ1) is 12.8. The first-order chi connectivity index (χ1) is 8.49. The zero-order chi connectivity index (χ0) is 13.2. The number of carbonyl (C=O) groups is 1. The fourth-order valence-corrected chi connectivity index (χ4v) is 2.46. The van der Waals surface area contributed by atoms with E-state index in [-0.39, 0.29) is 5.91 Å². The van der Waals surface area contributed by atoms with Crippen molar-refractivity contribution < 1.29 is 4.79 Å². The Morgan fingerprint density at radius 3 is 2.61 bits per heavy atom. The largest absolute Gasteiger partial charge is 0.341 e. The first-order valence-corrected chi connectivity index (χ1v) is 6.61. The number of nitrogens with one attached hydrogen (secondary N) is 1. The molecule has 0 aliphatic carbocycles. The minimum absolute atomic E-state index is 0.0521. The molecule has 0 atom stereocenters. The van der Waals surface area contributed by atoms with Crippen molar-refractivity contribution in [3.8, 4) is 0 Å². The molecular weight excluding hydrogens is 244 g/mol. The van der Waals surface area contributed by atoms with Gasteiger partial charge in [0.15, 0.2) is 0 Å². The number of rotatable bonds is 3. The molecular formula is C14H16N2OS. The Hall–Kier alpha value is -1.68. The lowest BCUT2D eigenvalue weighted by Crippen LogP contribution is -2.41. The molecule has 0 unspecified atom stereocenters. The molecule has 4 heteroatoms. The molecule has 0 saturated carbocycles. The molecule has 0 aromatic carbocycles. The summed E-state index contributed by atoms with van der Waals surface area (Å²) in [4.78, 5) is 18.3. The Labute approximate surface area is 111 Å². The van der Waals surface area contributed by atoms with E-state index in [2.05, 4.69) is 10.3 Å². The highest BCUT2D eigenvalue weighted by molar-refractivity contribution is 7.13. The van der Waals surface area contributed by atoms with E-state index in [0.29, 0.717) is 0 Å². The number of thiophene rings is 1. The van der Waals surface area contributed by atoms with Crippen LogP contribution in [0.4, 0.5) is 0 Å². The molecule has 0 aliphatic heterocycles. The van der Waals surface area contributed by atoms with Gasteiger partial charge in [0.25, 0.3) is 5.91 Å². The number of aromatic nitrogens is 1. The van der Waals surface area contributed by atoms with Crippen molar-refractivity contribution in [2.24, 2.45) is 0 Å². The topological polar surface area (TPSA) is 42.0 Å². The van der Waals surface area contributed by atoms with Crippen molar-refractivity contribution in [3.05, 3.63) is 52.0 Å². The lowest BCUT2D eigenvalue weighted by Gasteiger charge is -2.25. The van der Waals surface area contributed by atoms with Crippen LogP contribution in [0.1, 0.15) is 34.1 Å². The van der Waals surface area contributed by atoms with Crippen LogP contribution in [-0.4, -0.2) is 10.9 Å². The Morgan fingerprint density at radius 2 is 2.06 bits per heavy atom. The predicted octanol–water partition coefficient (Wildman–Crippen LogP) is 3.12. The van der Waals surface area contributed by atoms with E-state index in [1.165, 1.54) is 11.3 Å². The van der Waals surface area contributed by atoms with Gasteiger partial charge in [-0.1, -0.05) is 6.07 Å². The SMILES string of the molecule is Cc1ccc(C(=O)NC(C)(C)c2ccccn2)s1. The Balaban J connectivity index is 2.16. The van der Waals surface area contributed by atoms with E-state index in [0.717, 1.165) is 15.4 Å². The second-order valence-corrected chi connectivity index (χ2v) is 5.99. The van der Waals surface area contributed by atoms with Crippen LogP contribution in [0, 0.1) is 6.92 Å². The van der Waals surface area contributed by atoms with Gasteiger partial charge in [0.05, 0.1) is 16.1 Å². The van der Waals surface area contributed by atoms with Crippen LogP contribution in [0.2, 0.25) is 0 Å². The number of hydrogen-bond donors (Lipinski definition) is 1. The van der Waals surface area contributed by atoms with Crippen LogP contribution in [0.3, 0.4) is 0 Å². The van der Waals surface area contributed by atoms with E-state index >= 15 is 0 Å². The highest BCUT2D eigenvalue weighted by Crippen LogP contribution is 2.20. The third-order valence-corrected chi connectivity index (χ3v) is 3.69. The lowest BCUT2D eigenvalue weighted by molar-refractivity contribution is 0.0914. The standard InChI is InChI=1S/C14H16N2OS/c1-10-7-8-11(18-10)13(17)16-14(2,3)12-6-4-5-9-15-12/h4-9H,1-3H3,(H,16,17). The molecule has 0 saturated heterocycles. The fourth-order valence-electron chi connectivity index (χ4n) is 1.70. The molecule has 94 valence electrons. The summed E-state index contributed by atoms with van der Waals surface area (Å²) in [6.07, 6.45) is 1.73. The van der Waals surface area contributed by atoms with Crippen molar-refractivity contribution in [1.29, 1.82) is 0 Å². The van der Waals surface area contributed by atoms with Crippen LogP contribution in [0.25, 0.3) is 0 Å². The van der Waals surface area contributed by atoms with Gasteiger partial charge in [-0.05, 0) is 45.0 Å². The van der Waals surface area contributed by atoms with Gasteiger partial charge >= 0.3 is 0 Å². The molecule has 0 spiro atoms. The van der Waals surface area contributed by atoms with Crippen LogP contribution >= 0.6 is 11.3 Å². The molecule has 18 heavy (non-hydrogen) atoms. The molecule has 2 rings (SSSR count). The zero-order valence-electron chi connectivity index (χ0n) is 10.7. The van der Waals surface area contributed by atoms with E-state index < -0.39 is 5.54 Å². The maximum absolute atomic E-state index is 12.1. The molecule has 0 bridgehead atoms. The number of aryl methyl sites for hydroxylation is 1. The molecule has 1 N–H and O–H groups in total. The van der Waals surface area contributed by atoms with Gasteiger partial charge in [-0.2, -0.15) is 0 Å². The van der Waals surface area contributed by atoms with Crippen LogP contribution < -0.4 is 5.32 Å². The third kappa shape index (κ3) is 2.76. The van der Waals surface area contributed by atoms with Gasteiger partial charge in [-0.15, -0.1) is 11.3 Å². The fraction of sp³-hybridized carbons (Fsp3) is 0.286. The van der Waals surface area contributed by atoms with Crippen LogP contribution in [0.15, 0.2) is 36.5 Å². The number of amides is 1. The van der Waals surface area contributed by atoms with Crippen molar-refractivity contribution in [1.82, 2.24) is 10.3 Å². The molecule has 3 nitrogen and oxygen atoms in total. The smallest absolute Gasteiger partial charge is 0.262 e. The average Bonchev–Trinajstić information content (AvgIpc) is 2.77. The summed E-state index contributed by atoms with van der Waals surface area (Å²) in [5.41, 5.74) is 0.377. The van der Waals surface area contributed by atoms with Gasteiger partial charge < -0.3 is 5.32 Å². The summed E-state index contributed by atoms with van der Waals surface area (Å²) >= 11 is 1.50.